The molecule has 1 N–H and O–H groups in total. The van der Waals surface area contributed by atoms with Crippen LogP contribution in [0.25, 0.3) is 22.3 Å². The topological polar surface area (TPSA) is 131 Å². The molecule has 1 atom stereocenters. The number of nitrogens with zero attached hydrogens (tertiary/aromatic N) is 7. The van der Waals surface area contributed by atoms with Crippen LogP contribution in [0.15, 0.2) is 49.2 Å². The van der Waals surface area contributed by atoms with E-state index in [0.717, 1.165) is 54.1 Å². The number of hydrogen-bond donors (Lipinski definition) is 1. The van der Waals surface area contributed by atoms with Gasteiger partial charge in [-0.2, -0.15) is 10.4 Å². The number of fused-ring (bicyclic) bond motifs is 1. The molecule has 4 heterocycles. The Kier molecular flexibility index (Phi) is 9.73. The third-order valence-corrected chi connectivity index (χ3v) is 9.49. The lowest BCUT2D eigenvalue weighted by Crippen LogP contribution is -2.41. The predicted molar refractivity (Wildman–Crippen MR) is 166 cm³/mol. The molecular formula is C31H38FN7O4Si. The number of aromatic nitrogens is 5. The van der Waals surface area contributed by atoms with Crippen LogP contribution < -0.4 is 4.74 Å². The molecule has 1 aliphatic heterocycles. The Labute approximate surface area is 256 Å². The monoisotopic (exact) mass is 619 g/mol. The van der Waals surface area contributed by atoms with Gasteiger partial charge in [-0.3, -0.25) is 4.68 Å². The summed E-state index contributed by atoms with van der Waals surface area (Å²) in [6.07, 6.45) is 8.76. The molecule has 1 saturated heterocycles. The van der Waals surface area contributed by atoms with Crippen LogP contribution >= 0.6 is 0 Å². The van der Waals surface area contributed by atoms with Gasteiger partial charge >= 0.3 is 5.97 Å². The largest absolute Gasteiger partial charge is 0.490 e. The molecule has 3 aromatic heterocycles. The van der Waals surface area contributed by atoms with E-state index >= 15 is 0 Å². The van der Waals surface area contributed by atoms with E-state index in [1.54, 1.807) is 12.5 Å². The number of hydrogen-bond acceptors (Lipinski definition) is 8. The smallest absolute Gasteiger partial charge is 0.335 e. The summed E-state index contributed by atoms with van der Waals surface area (Å²) in [6.45, 7) is 10.2. The number of halogens is 1. The van der Waals surface area contributed by atoms with Crippen LogP contribution in [0.3, 0.4) is 0 Å². The van der Waals surface area contributed by atoms with Gasteiger partial charge in [-0.1, -0.05) is 19.6 Å². The van der Waals surface area contributed by atoms with Crippen molar-refractivity contribution in [2.75, 3.05) is 26.2 Å². The molecule has 0 radical (unpaired) electrons. The summed E-state index contributed by atoms with van der Waals surface area (Å²) < 4.78 is 29.5. The lowest BCUT2D eigenvalue weighted by atomic mass is 10.1. The fourth-order valence-corrected chi connectivity index (χ4v) is 6.10. The minimum absolute atomic E-state index is 0.141. The molecule has 1 aromatic carbocycles. The van der Waals surface area contributed by atoms with Crippen LogP contribution in [0.1, 0.15) is 35.7 Å². The Morgan fingerprint density at radius 2 is 2.02 bits per heavy atom. The fourth-order valence-electron chi connectivity index (χ4n) is 5.34. The van der Waals surface area contributed by atoms with E-state index < -0.39 is 19.9 Å². The average molecular weight is 620 g/mol. The van der Waals surface area contributed by atoms with Crippen LogP contribution in [-0.4, -0.2) is 80.7 Å². The first-order chi connectivity index (χ1) is 21.1. The molecular weight excluding hydrogens is 581 g/mol. The number of nitriles is 1. The van der Waals surface area contributed by atoms with Crippen molar-refractivity contribution in [3.63, 3.8) is 0 Å². The van der Waals surface area contributed by atoms with Gasteiger partial charge in [0.1, 0.15) is 36.4 Å². The number of rotatable bonds is 13. The SMILES string of the molecule is C[Si](C)(C)CCOCn1ccc2c(-c3cnn(C(CC#N)CN4CCC(Oc5cc(F)cc(C(=O)O)c5)CC4)c3)ncnc21. The molecule has 4 aromatic rings. The first-order valence-corrected chi connectivity index (χ1v) is 18.5. The summed E-state index contributed by atoms with van der Waals surface area (Å²) in [5.41, 5.74) is 2.28. The maximum atomic E-state index is 13.9. The number of ether oxygens (including phenoxy) is 2. The molecule has 1 unspecified atom stereocenters. The van der Waals surface area contributed by atoms with E-state index in [1.165, 1.54) is 12.1 Å². The molecule has 1 fully saturated rings. The number of benzene rings is 1. The number of carboxylic acid groups (broad SMARTS) is 1. The van der Waals surface area contributed by atoms with E-state index in [2.05, 4.69) is 45.7 Å². The fraction of sp³-hybridized carbons (Fsp3) is 0.452. The third kappa shape index (κ3) is 7.87. The van der Waals surface area contributed by atoms with E-state index in [0.29, 0.717) is 32.5 Å². The highest BCUT2D eigenvalue weighted by atomic mass is 28.3. The summed E-state index contributed by atoms with van der Waals surface area (Å²) in [6, 6.07) is 8.77. The highest BCUT2D eigenvalue weighted by molar-refractivity contribution is 6.76. The molecule has 0 saturated carbocycles. The molecule has 0 amide bonds. The standard InChI is InChI=1S/C31H38FN7O4Si/c1-44(2,3)13-12-42-21-38-11-7-28-29(34-20-35-30(28)38)23-17-36-39(18-23)25(4-8-33)19-37-9-5-26(6-10-37)43-27-15-22(31(40)41)14-24(32)16-27/h7,11,14-18,20,25-26H,4-6,9-10,12-13,19,21H2,1-3H3,(H,40,41). The number of likely N-dealkylation sites (tertiary alicyclic amines) is 1. The van der Waals surface area contributed by atoms with Crippen LogP contribution in [0.2, 0.25) is 25.7 Å². The number of aromatic carboxylic acids is 1. The molecule has 232 valence electrons. The van der Waals surface area contributed by atoms with E-state index in [-0.39, 0.29) is 23.5 Å². The van der Waals surface area contributed by atoms with Crippen molar-refractivity contribution in [3.8, 4) is 23.1 Å². The lowest BCUT2D eigenvalue weighted by molar-refractivity contribution is 0.0693. The minimum Gasteiger partial charge on any atom is -0.490 e. The maximum absolute atomic E-state index is 13.9. The quantitative estimate of drug-likeness (QED) is 0.153. The number of piperidine rings is 1. The normalized spacial score (nSPS) is 15.3. The van der Waals surface area contributed by atoms with Crippen molar-refractivity contribution >= 4 is 25.1 Å². The first-order valence-electron chi connectivity index (χ1n) is 14.8. The van der Waals surface area contributed by atoms with Gasteiger partial charge in [0.05, 0.1) is 36.0 Å². The summed E-state index contributed by atoms with van der Waals surface area (Å²) in [7, 11) is -1.16. The van der Waals surface area contributed by atoms with Gasteiger partial charge < -0.3 is 24.0 Å². The number of carbonyl (C=O) groups is 1. The van der Waals surface area contributed by atoms with Crippen LogP contribution in [0.4, 0.5) is 4.39 Å². The highest BCUT2D eigenvalue weighted by Crippen LogP contribution is 2.28. The van der Waals surface area contributed by atoms with E-state index in [4.69, 9.17) is 9.47 Å². The summed E-state index contributed by atoms with van der Waals surface area (Å²) >= 11 is 0. The van der Waals surface area contributed by atoms with Gasteiger partial charge in [0.25, 0.3) is 0 Å². The van der Waals surface area contributed by atoms with E-state index in [9.17, 15) is 19.6 Å². The summed E-state index contributed by atoms with van der Waals surface area (Å²) in [5.74, 6) is -1.62. The molecule has 0 spiro atoms. The van der Waals surface area contributed by atoms with Crippen LogP contribution in [-0.2, 0) is 11.5 Å². The van der Waals surface area contributed by atoms with Crippen molar-refractivity contribution in [1.82, 2.24) is 29.2 Å². The average Bonchev–Trinajstić information content (AvgIpc) is 3.63. The highest BCUT2D eigenvalue weighted by Gasteiger charge is 2.25. The van der Waals surface area contributed by atoms with Gasteiger partial charge in [0, 0.05) is 63.7 Å². The minimum atomic E-state index is -1.20. The molecule has 1 aliphatic rings. The van der Waals surface area contributed by atoms with Crippen molar-refractivity contribution in [2.45, 2.75) is 63.8 Å². The van der Waals surface area contributed by atoms with Crippen molar-refractivity contribution in [3.05, 3.63) is 60.6 Å². The van der Waals surface area contributed by atoms with Crippen LogP contribution in [0.5, 0.6) is 5.75 Å². The van der Waals surface area contributed by atoms with E-state index in [1.807, 2.05) is 27.7 Å². The Balaban J connectivity index is 1.21. The zero-order chi connectivity index (χ0) is 31.3. The van der Waals surface area contributed by atoms with Gasteiger partial charge in [-0.25, -0.2) is 19.2 Å². The molecule has 11 nitrogen and oxygen atoms in total. The van der Waals surface area contributed by atoms with Crippen LogP contribution in [0, 0.1) is 17.1 Å². The van der Waals surface area contributed by atoms with Crippen molar-refractivity contribution in [1.29, 1.82) is 5.26 Å². The first kappa shape index (κ1) is 31.3. The summed E-state index contributed by atoms with van der Waals surface area (Å²) in [5, 5.41) is 24.3. The second-order valence-corrected chi connectivity index (χ2v) is 18.0. The summed E-state index contributed by atoms with van der Waals surface area (Å²) in [4.78, 5) is 22.6. The zero-order valence-corrected chi connectivity index (χ0v) is 26.3. The van der Waals surface area contributed by atoms with Gasteiger partial charge in [-0.15, -0.1) is 0 Å². The Morgan fingerprint density at radius 1 is 1.23 bits per heavy atom. The zero-order valence-electron chi connectivity index (χ0n) is 25.3. The second kappa shape index (κ2) is 13.7. The Morgan fingerprint density at radius 3 is 2.75 bits per heavy atom. The molecule has 5 rings (SSSR count). The van der Waals surface area contributed by atoms with Crippen molar-refractivity contribution < 1.29 is 23.8 Å². The molecule has 0 aliphatic carbocycles. The van der Waals surface area contributed by atoms with Crippen molar-refractivity contribution in [2.24, 2.45) is 0 Å². The Hall–Kier alpha value is -4.12. The predicted octanol–water partition coefficient (Wildman–Crippen LogP) is 5.44. The van der Waals surface area contributed by atoms with Gasteiger partial charge in [-0.05, 0) is 37.1 Å². The number of carboxylic acids is 1. The molecule has 13 heteroatoms. The lowest BCUT2D eigenvalue weighted by Gasteiger charge is -2.34. The third-order valence-electron chi connectivity index (χ3n) is 7.78. The van der Waals surface area contributed by atoms with Gasteiger partial charge in [0.15, 0.2) is 0 Å². The second-order valence-electron chi connectivity index (χ2n) is 12.4. The van der Waals surface area contributed by atoms with Gasteiger partial charge in [0.2, 0.25) is 0 Å². The molecule has 0 bridgehead atoms. The maximum Gasteiger partial charge on any atom is 0.335 e. The Bertz CT molecular complexity index is 1640. The molecule has 44 heavy (non-hydrogen) atoms.